The van der Waals surface area contributed by atoms with Crippen LogP contribution in [0.3, 0.4) is 0 Å². The van der Waals surface area contributed by atoms with Gasteiger partial charge in [-0.05, 0) is 42.4 Å². The average molecular weight is 297 g/mol. The largest absolute Gasteiger partial charge is 0.377 e. The molecule has 1 aliphatic heterocycles. The molecule has 0 aliphatic carbocycles. The molecule has 1 aromatic rings. The number of ether oxygens (including phenoxy) is 1. The van der Waals surface area contributed by atoms with Crippen molar-refractivity contribution in [3.8, 4) is 0 Å². The molecule has 2 rings (SSSR count). The highest BCUT2D eigenvalue weighted by molar-refractivity contribution is 9.09. The second-order valence-corrected chi connectivity index (χ2v) is 5.67. The van der Waals surface area contributed by atoms with Crippen LogP contribution in [-0.2, 0) is 17.6 Å². The van der Waals surface area contributed by atoms with E-state index in [9.17, 15) is 0 Å². The zero-order chi connectivity index (χ0) is 12.3. The Balaban J connectivity index is 2.20. The van der Waals surface area contributed by atoms with E-state index in [2.05, 4.69) is 48.0 Å². The van der Waals surface area contributed by atoms with Gasteiger partial charge in [0.15, 0.2) is 0 Å². The predicted molar refractivity (Wildman–Crippen MR) is 75.8 cm³/mol. The molecule has 1 fully saturated rings. The fraction of sp³-hybridized carbons (Fsp3) is 0.600. The summed E-state index contributed by atoms with van der Waals surface area (Å²) >= 11 is 3.80. The van der Waals surface area contributed by atoms with Crippen LogP contribution in [0.4, 0.5) is 0 Å². The Bertz CT molecular complexity index is 369. The summed E-state index contributed by atoms with van der Waals surface area (Å²) < 4.78 is 5.75. The van der Waals surface area contributed by atoms with E-state index in [1.54, 1.807) is 0 Å². The highest BCUT2D eigenvalue weighted by atomic mass is 79.9. The Hall–Kier alpha value is -0.340. The van der Waals surface area contributed by atoms with Gasteiger partial charge in [0.05, 0.1) is 10.9 Å². The summed E-state index contributed by atoms with van der Waals surface area (Å²) in [6, 6.07) is 6.87. The van der Waals surface area contributed by atoms with E-state index in [4.69, 9.17) is 4.74 Å². The summed E-state index contributed by atoms with van der Waals surface area (Å²) in [5.41, 5.74) is 4.32. The summed E-state index contributed by atoms with van der Waals surface area (Å²) in [4.78, 5) is 0.348. The number of rotatable bonds is 4. The Morgan fingerprint density at radius 3 is 2.65 bits per heavy atom. The predicted octanol–water partition coefficient (Wildman–Crippen LogP) is 4.43. The molecule has 2 heteroatoms. The molecule has 0 spiro atoms. The quantitative estimate of drug-likeness (QED) is 0.747. The first-order valence-electron chi connectivity index (χ1n) is 6.63. The lowest BCUT2D eigenvalue weighted by atomic mass is 9.97. The van der Waals surface area contributed by atoms with E-state index in [-0.39, 0.29) is 0 Å². The van der Waals surface area contributed by atoms with Crippen LogP contribution in [0.5, 0.6) is 0 Å². The van der Waals surface area contributed by atoms with Crippen LogP contribution in [0.15, 0.2) is 18.2 Å². The molecule has 0 saturated carbocycles. The summed E-state index contributed by atoms with van der Waals surface area (Å²) in [5, 5.41) is 0. The highest BCUT2D eigenvalue weighted by Gasteiger charge is 2.25. The Morgan fingerprint density at radius 1 is 1.29 bits per heavy atom. The minimum absolute atomic E-state index is 0.348. The van der Waals surface area contributed by atoms with Crippen molar-refractivity contribution in [2.24, 2.45) is 0 Å². The average Bonchev–Trinajstić information content (AvgIpc) is 2.90. The lowest BCUT2D eigenvalue weighted by Crippen LogP contribution is -2.12. The number of aryl methyl sites for hydroxylation is 2. The molecular formula is C15H21BrO. The van der Waals surface area contributed by atoms with Gasteiger partial charge in [0, 0.05) is 6.61 Å². The van der Waals surface area contributed by atoms with Gasteiger partial charge in [0.1, 0.15) is 0 Å². The molecule has 17 heavy (non-hydrogen) atoms. The monoisotopic (exact) mass is 296 g/mol. The second-order valence-electron chi connectivity index (χ2n) is 4.69. The van der Waals surface area contributed by atoms with Gasteiger partial charge in [-0.25, -0.2) is 0 Å². The van der Waals surface area contributed by atoms with E-state index in [0.717, 1.165) is 19.4 Å². The smallest absolute Gasteiger partial charge is 0.0741 e. The van der Waals surface area contributed by atoms with Gasteiger partial charge in [-0.3, -0.25) is 0 Å². The SMILES string of the molecule is CCc1ccc(C(Br)C2CCCO2)cc1CC. The van der Waals surface area contributed by atoms with E-state index >= 15 is 0 Å². The van der Waals surface area contributed by atoms with Gasteiger partial charge in [0.2, 0.25) is 0 Å². The van der Waals surface area contributed by atoms with Crippen LogP contribution in [-0.4, -0.2) is 12.7 Å². The van der Waals surface area contributed by atoms with Crippen molar-refractivity contribution in [3.05, 3.63) is 34.9 Å². The van der Waals surface area contributed by atoms with Crippen LogP contribution in [0, 0.1) is 0 Å². The summed E-state index contributed by atoms with van der Waals surface area (Å²) in [6.45, 7) is 5.37. The Kier molecular flexibility index (Phi) is 4.63. The first-order chi connectivity index (χ1) is 8.26. The van der Waals surface area contributed by atoms with Crippen LogP contribution in [0.2, 0.25) is 0 Å². The molecule has 1 saturated heterocycles. The number of hydrogen-bond acceptors (Lipinski definition) is 1. The molecular weight excluding hydrogens is 276 g/mol. The maximum absolute atomic E-state index is 5.75. The van der Waals surface area contributed by atoms with Crippen molar-refractivity contribution in [1.29, 1.82) is 0 Å². The maximum atomic E-state index is 5.75. The van der Waals surface area contributed by atoms with Crippen molar-refractivity contribution in [3.63, 3.8) is 0 Å². The van der Waals surface area contributed by atoms with Crippen molar-refractivity contribution in [2.75, 3.05) is 6.61 Å². The van der Waals surface area contributed by atoms with Crippen molar-refractivity contribution >= 4 is 15.9 Å². The fourth-order valence-electron chi connectivity index (χ4n) is 2.54. The zero-order valence-electron chi connectivity index (χ0n) is 10.7. The van der Waals surface area contributed by atoms with Crippen molar-refractivity contribution in [1.82, 2.24) is 0 Å². The third-order valence-corrected chi connectivity index (χ3v) is 4.72. The van der Waals surface area contributed by atoms with E-state index < -0.39 is 0 Å². The van der Waals surface area contributed by atoms with Crippen LogP contribution in [0.1, 0.15) is 48.2 Å². The minimum atomic E-state index is 0.348. The standard InChI is InChI=1S/C15H21BrO/c1-3-11-7-8-13(10-12(11)4-2)15(16)14-6-5-9-17-14/h7-8,10,14-15H,3-6,9H2,1-2H3. The number of hydrogen-bond donors (Lipinski definition) is 0. The van der Waals surface area contributed by atoms with Crippen molar-refractivity contribution < 1.29 is 4.74 Å². The molecule has 1 nitrogen and oxygen atoms in total. The second kappa shape index (κ2) is 6.01. The fourth-order valence-corrected chi connectivity index (χ4v) is 3.24. The van der Waals surface area contributed by atoms with Gasteiger partial charge >= 0.3 is 0 Å². The van der Waals surface area contributed by atoms with E-state index in [1.165, 1.54) is 29.5 Å². The molecule has 2 unspecified atom stereocenters. The number of alkyl halides is 1. The molecule has 1 aliphatic rings. The molecule has 94 valence electrons. The lowest BCUT2D eigenvalue weighted by Gasteiger charge is -2.19. The first-order valence-corrected chi connectivity index (χ1v) is 7.55. The third-order valence-electron chi connectivity index (χ3n) is 3.60. The number of benzene rings is 1. The minimum Gasteiger partial charge on any atom is -0.377 e. The Labute approximate surface area is 113 Å². The summed E-state index contributed by atoms with van der Waals surface area (Å²) in [7, 11) is 0. The molecule has 0 N–H and O–H groups in total. The molecule has 0 amide bonds. The van der Waals surface area contributed by atoms with Crippen LogP contribution in [0.25, 0.3) is 0 Å². The van der Waals surface area contributed by atoms with Gasteiger partial charge in [-0.1, -0.05) is 48.0 Å². The molecule has 2 atom stereocenters. The Morgan fingerprint density at radius 2 is 2.06 bits per heavy atom. The van der Waals surface area contributed by atoms with Crippen LogP contribution >= 0.6 is 15.9 Å². The maximum Gasteiger partial charge on any atom is 0.0741 e. The van der Waals surface area contributed by atoms with Gasteiger partial charge < -0.3 is 4.74 Å². The lowest BCUT2D eigenvalue weighted by molar-refractivity contribution is 0.110. The molecule has 1 aromatic carbocycles. The molecule has 1 heterocycles. The molecule has 0 aromatic heterocycles. The highest BCUT2D eigenvalue weighted by Crippen LogP contribution is 2.34. The number of halogens is 1. The van der Waals surface area contributed by atoms with Crippen molar-refractivity contribution in [2.45, 2.75) is 50.5 Å². The van der Waals surface area contributed by atoms with Gasteiger partial charge in [0.25, 0.3) is 0 Å². The molecule has 0 bridgehead atoms. The van der Waals surface area contributed by atoms with Gasteiger partial charge in [-0.2, -0.15) is 0 Å². The van der Waals surface area contributed by atoms with E-state index in [1.807, 2.05) is 0 Å². The zero-order valence-corrected chi connectivity index (χ0v) is 12.3. The summed E-state index contributed by atoms with van der Waals surface area (Å²) in [6.07, 6.45) is 4.96. The van der Waals surface area contributed by atoms with Gasteiger partial charge in [-0.15, -0.1) is 0 Å². The third kappa shape index (κ3) is 2.92. The normalized spacial score (nSPS) is 21.7. The summed E-state index contributed by atoms with van der Waals surface area (Å²) in [5.74, 6) is 0. The van der Waals surface area contributed by atoms with Crippen LogP contribution < -0.4 is 0 Å². The molecule has 0 radical (unpaired) electrons. The van der Waals surface area contributed by atoms with E-state index in [0.29, 0.717) is 10.9 Å². The topological polar surface area (TPSA) is 9.23 Å². The first kappa shape index (κ1) is 13.1.